The van der Waals surface area contributed by atoms with E-state index in [0.29, 0.717) is 18.5 Å². The van der Waals surface area contributed by atoms with Gasteiger partial charge in [-0.3, -0.25) is 14.9 Å². The predicted octanol–water partition coefficient (Wildman–Crippen LogP) is 2.41. The van der Waals surface area contributed by atoms with Crippen molar-refractivity contribution in [2.75, 3.05) is 24.6 Å². The van der Waals surface area contributed by atoms with E-state index in [-0.39, 0.29) is 11.8 Å². The predicted molar refractivity (Wildman–Crippen MR) is 75.3 cm³/mol. The maximum Gasteiger partial charge on any atom is 0.270 e. The third-order valence-electron chi connectivity index (χ3n) is 3.53. The number of ether oxygens (including phenoxy) is 1. The Balaban J connectivity index is 2.13. The van der Waals surface area contributed by atoms with Crippen LogP contribution < -0.4 is 4.90 Å². The number of benzene rings is 1. The zero-order valence-electron chi connectivity index (χ0n) is 11.4. The molecule has 1 aromatic carbocycles. The average Bonchev–Trinajstić information content (AvgIpc) is 2.47. The van der Waals surface area contributed by atoms with Gasteiger partial charge in [-0.2, -0.15) is 0 Å². The first-order valence-corrected chi connectivity index (χ1v) is 6.76. The molecule has 1 saturated heterocycles. The van der Waals surface area contributed by atoms with Crippen molar-refractivity contribution in [3.8, 4) is 0 Å². The fraction of sp³-hybridized carbons (Fsp3) is 0.500. The van der Waals surface area contributed by atoms with E-state index >= 15 is 0 Å². The molecule has 0 amide bonds. The first-order chi connectivity index (χ1) is 9.65. The van der Waals surface area contributed by atoms with Gasteiger partial charge in [-0.05, 0) is 25.8 Å². The summed E-state index contributed by atoms with van der Waals surface area (Å²) in [5.41, 5.74) is 1.08. The zero-order valence-corrected chi connectivity index (χ0v) is 11.4. The van der Waals surface area contributed by atoms with Gasteiger partial charge in [-0.15, -0.1) is 0 Å². The van der Waals surface area contributed by atoms with Crippen LogP contribution in [-0.4, -0.2) is 37.0 Å². The van der Waals surface area contributed by atoms with E-state index in [1.165, 1.54) is 12.1 Å². The molecule has 0 saturated carbocycles. The summed E-state index contributed by atoms with van der Waals surface area (Å²) >= 11 is 0. The molecule has 1 aliphatic heterocycles. The van der Waals surface area contributed by atoms with Crippen LogP contribution in [-0.2, 0) is 4.74 Å². The van der Waals surface area contributed by atoms with Crippen LogP contribution in [0.15, 0.2) is 18.2 Å². The van der Waals surface area contributed by atoms with Crippen molar-refractivity contribution in [2.45, 2.75) is 25.9 Å². The summed E-state index contributed by atoms with van der Waals surface area (Å²) in [6.45, 7) is 4.28. The number of piperidine rings is 1. The number of anilines is 1. The van der Waals surface area contributed by atoms with Gasteiger partial charge >= 0.3 is 0 Å². The molecule has 0 aliphatic carbocycles. The van der Waals surface area contributed by atoms with Gasteiger partial charge in [0.1, 0.15) is 0 Å². The minimum Gasteiger partial charge on any atom is -0.378 e. The van der Waals surface area contributed by atoms with Gasteiger partial charge < -0.3 is 9.64 Å². The average molecular weight is 278 g/mol. The third kappa shape index (κ3) is 3.14. The van der Waals surface area contributed by atoms with Crippen LogP contribution in [0.25, 0.3) is 0 Å². The standard InChI is InChI=1S/C14H18N2O4/c1-2-20-13-5-7-15(8-6-13)14-4-3-12(16(18)19)9-11(14)10-17/h3-4,9-10,13H,2,5-8H2,1H3. The highest BCUT2D eigenvalue weighted by Gasteiger charge is 2.22. The van der Waals surface area contributed by atoms with Crippen molar-refractivity contribution in [1.29, 1.82) is 0 Å². The molecular formula is C14H18N2O4. The Labute approximate surface area is 117 Å². The number of non-ortho nitro benzene ring substituents is 1. The summed E-state index contributed by atoms with van der Waals surface area (Å²) < 4.78 is 5.59. The molecule has 108 valence electrons. The van der Waals surface area contributed by atoms with Crippen LogP contribution >= 0.6 is 0 Å². The van der Waals surface area contributed by atoms with Crippen LogP contribution in [0, 0.1) is 10.1 Å². The largest absolute Gasteiger partial charge is 0.378 e. The molecule has 20 heavy (non-hydrogen) atoms. The molecule has 0 unspecified atom stereocenters. The van der Waals surface area contributed by atoms with Crippen LogP contribution in [0.2, 0.25) is 0 Å². The number of hydrogen-bond acceptors (Lipinski definition) is 5. The van der Waals surface area contributed by atoms with Crippen molar-refractivity contribution >= 4 is 17.7 Å². The molecule has 0 N–H and O–H groups in total. The molecule has 0 aromatic heterocycles. The minimum atomic E-state index is -0.488. The van der Waals surface area contributed by atoms with Gasteiger partial charge in [0.05, 0.1) is 11.0 Å². The molecule has 0 radical (unpaired) electrons. The number of nitro benzene ring substituents is 1. The lowest BCUT2D eigenvalue weighted by molar-refractivity contribution is -0.384. The van der Waals surface area contributed by atoms with E-state index < -0.39 is 4.92 Å². The maximum absolute atomic E-state index is 11.1. The number of carbonyl (C=O) groups excluding carboxylic acids is 1. The molecule has 0 spiro atoms. The van der Waals surface area contributed by atoms with Crippen LogP contribution in [0.4, 0.5) is 11.4 Å². The normalized spacial score (nSPS) is 16.1. The molecule has 1 fully saturated rings. The zero-order chi connectivity index (χ0) is 14.5. The van der Waals surface area contributed by atoms with E-state index in [2.05, 4.69) is 4.90 Å². The molecular weight excluding hydrogens is 260 g/mol. The number of aldehydes is 1. The molecule has 1 aromatic rings. The van der Waals surface area contributed by atoms with E-state index in [1.807, 2.05) is 6.92 Å². The van der Waals surface area contributed by atoms with Crippen molar-refractivity contribution in [3.63, 3.8) is 0 Å². The summed E-state index contributed by atoms with van der Waals surface area (Å²) in [7, 11) is 0. The van der Waals surface area contributed by atoms with Gasteiger partial charge in [0, 0.05) is 43.1 Å². The molecule has 1 aliphatic rings. The molecule has 2 rings (SSSR count). The number of hydrogen-bond donors (Lipinski definition) is 0. The lowest BCUT2D eigenvalue weighted by atomic mass is 10.0. The summed E-state index contributed by atoms with van der Waals surface area (Å²) in [6.07, 6.45) is 2.76. The first-order valence-electron chi connectivity index (χ1n) is 6.76. The van der Waals surface area contributed by atoms with Crippen molar-refractivity contribution in [1.82, 2.24) is 0 Å². The summed E-state index contributed by atoms with van der Waals surface area (Å²) in [5, 5.41) is 10.7. The topological polar surface area (TPSA) is 72.7 Å². The minimum absolute atomic E-state index is 0.0555. The number of rotatable bonds is 5. The van der Waals surface area contributed by atoms with Gasteiger partial charge in [-0.1, -0.05) is 0 Å². The van der Waals surface area contributed by atoms with E-state index in [4.69, 9.17) is 4.74 Å². The smallest absolute Gasteiger partial charge is 0.270 e. The van der Waals surface area contributed by atoms with Gasteiger partial charge in [-0.25, -0.2) is 0 Å². The molecule has 6 nitrogen and oxygen atoms in total. The maximum atomic E-state index is 11.1. The lowest BCUT2D eigenvalue weighted by Gasteiger charge is -2.34. The van der Waals surface area contributed by atoms with E-state index in [1.54, 1.807) is 6.07 Å². The highest BCUT2D eigenvalue weighted by Crippen LogP contribution is 2.27. The Bertz CT molecular complexity index is 496. The van der Waals surface area contributed by atoms with Gasteiger partial charge in [0.25, 0.3) is 5.69 Å². The van der Waals surface area contributed by atoms with Crippen LogP contribution in [0.5, 0.6) is 0 Å². The SMILES string of the molecule is CCOC1CCN(c2ccc([N+](=O)[O-])cc2C=O)CC1. The number of carbonyl (C=O) groups is 1. The fourth-order valence-electron chi connectivity index (χ4n) is 2.54. The molecule has 6 heteroatoms. The van der Waals surface area contributed by atoms with Gasteiger partial charge in [0.15, 0.2) is 6.29 Å². The second kappa shape index (κ2) is 6.47. The molecule has 1 heterocycles. The molecule has 0 bridgehead atoms. The highest BCUT2D eigenvalue weighted by atomic mass is 16.6. The lowest BCUT2D eigenvalue weighted by Crippen LogP contribution is -2.37. The number of nitro groups is 1. The van der Waals surface area contributed by atoms with Crippen molar-refractivity contribution in [2.24, 2.45) is 0 Å². The Hall–Kier alpha value is -1.95. The first kappa shape index (κ1) is 14.5. The second-order valence-corrected chi connectivity index (χ2v) is 4.76. The quantitative estimate of drug-likeness (QED) is 0.470. The highest BCUT2D eigenvalue weighted by molar-refractivity contribution is 5.86. The van der Waals surface area contributed by atoms with Crippen LogP contribution in [0.3, 0.4) is 0 Å². The Morgan fingerprint density at radius 1 is 1.45 bits per heavy atom. The van der Waals surface area contributed by atoms with Gasteiger partial charge in [0.2, 0.25) is 0 Å². The monoisotopic (exact) mass is 278 g/mol. The fourth-order valence-corrected chi connectivity index (χ4v) is 2.54. The van der Waals surface area contributed by atoms with E-state index in [0.717, 1.165) is 31.6 Å². The summed E-state index contributed by atoms with van der Waals surface area (Å²) in [5.74, 6) is 0. The van der Waals surface area contributed by atoms with Crippen LogP contribution in [0.1, 0.15) is 30.1 Å². The Morgan fingerprint density at radius 3 is 2.70 bits per heavy atom. The second-order valence-electron chi connectivity index (χ2n) is 4.76. The number of nitrogens with zero attached hydrogens (tertiary/aromatic N) is 2. The van der Waals surface area contributed by atoms with Crippen molar-refractivity contribution in [3.05, 3.63) is 33.9 Å². The third-order valence-corrected chi connectivity index (χ3v) is 3.53. The van der Waals surface area contributed by atoms with Crippen molar-refractivity contribution < 1.29 is 14.5 Å². The molecule has 0 atom stereocenters. The Morgan fingerprint density at radius 2 is 2.15 bits per heavy atom. The Kier molecular flexibility index (Phi) is 4.68. The van der Waals surface area contributed by atoms with E-state index in [9.17, 15) is 14.9 Å². The summed E-state index contributed by atoms with van der Waals surface area (Å²) in [4.78, 5) is 23.5. The summed E-state index contributed by atoms with van der Waals surface area (Å²) in [6, 6.07) is 4.43.